The van der Waals surface area contributed by atoms with Gasteiger partial charge in [-0.15, -0.1) is 0 Å². The molecule has 5 nitrogen and oxygen atoms in total. The molecule has 0 spiro atoms. The van der Waals surface area contributed by atoms with E-state index in [2.05, 4.69) is 0 Å². The van der Waals surface area contributed by atoms with Crippen molar-refractivity contribution in [2.75, 3.05) is 10.7 Å². The van der Waals surface area contributed by atoms with Gasteiger partial charge in [-0.1, -0.05) is 18.2 Å². The highest BCUT2D eigenvalue weighted by molar-refractivity contribution is 7.94. The summed E-state index contributed by atoms with van der Waals surface area (Å²) >= 11 is 0. The van der Waals surface area contributed by atoms with Crippen molar-refractivity contribution in [3.05, 3.63) is 71.9 Å². The van der Waals surface area contributed by atoms with Crippen molar-refractivity contribution < 1.29 is 22.3 Å². The molecule has 7 heteroatoms. The van der Waals surface area contributed by atoms with E-state index in [1.807, 2.05) is 6.07 Å². The smallest absolute Gasteiger partial charge is 0.268 e. The minimum atomic E-state index is -3.36. The lowest BCUT2D eigenvalue weighted by Gasteiger charge is -2.30. The van der Waals surface area contributed by atoms with Crippen molar-refractivity contribution in [2.45, 2.75) is 19.1 Å². The van der Waals surface area contributed by atoms with Crippen molar-refractivity contribution in [1.82, 2.24) is 0 Å². The van der Waals surface area contributed by atoms with E-state index < -0.39 is 33.7 Å². The lowest BCUT2D eigenvalue weighted by Crippen LogP contribution is -2.47. The normalized spacial score (nSPS) is 19.1. The summed E-state index contributed by atoms with van der Waals surface area (Å²) in [5.74, 6) is -0.535. The summed E-state index contributed by atoms with van der Waals surface area (Å²) < 4.78 is 42.5. The second-order valence-electron chi connectivity index (χ2n) is 5.98. The standard InChI is InChI=1S/C19H18FNO4S/c1-14(25-18-5-3-2-4-6-18)19(22)21(16-9-7-15(20)8-10-16)17-11-12-26(23,24)13-17/h2-12,14,17H,13H2,1H3/t14-,17-/m1/s1. The third kappa shape index (κ3) is 4.11. The molecule has 2 aromatic rings. The highest BCUT2D eigenvalue weighted by Gasteiger charge is 2.34. The number of benzene rings is 2. The van der Waals surface area contributed by atoms with Gasteiger partial charge in [-0.05, 0) is 49.4 Å². The molecule has 1 amide bonds. The van der Waals surface area contributed by atoms with Gasteiger partial charge >= 0.3 is 0 Å². The van der Waals surface area contributed by atoms with Crippen molar-refractivity contribution in [1.29, 1.82) is 0 Å². The van der Waals surface area contributed by atoms with Gasteiger partial charge < -0.3 is 9.64 Å². The van der Waals surface area contributed by atoms with E-state index in [-0.39, 0.29) is 5.75 Å². The average molecular weight is 375 g/mol. The Balaban J connectivity index is 1.88. The van der Waals surface area contributed by atoms with Gasteiger partial charge in [0.25, 0.3) is 5.91 Å². The zero-order valence-corrected chi connectivity index (χ0v) is 14.9. The van der Waals surface area contributed by atoms with Gasteiger partial charge in [0, 0.05) is 11.1 Å². The predicted molar refractivity (Wildman–Crippen MR) is 97.1 cm³/mol. The fourth-order valence-corrected chi connectivity index (χ4v) is 4.02. The molecule has 1 aliphatic heterocycles. The maximum atomic E-state index is 13.3. The van der Waals surface area contributed by atoms with Crippen LogP contribution in [-0.2, 0) is 14.6 Å². The SMILES string of the molecule is C[C@@H](Oc1ccccc1)C(=O)N(c1ccc(F)cc1)[C@@H]1C=CS(=O)(=O)C1. The van der Waals surface area contributed by atoms with Crippen molar-refractivity contribution >= 4 is 21.4 Å². The number of amides is 1. The summed E-state index contributed by atoms with van der Waals surface area (Å²) in [6.45, 7) is 1.60. The van der Waals surface area contributed by atoms with Crippen LogP contribution in [0.25, 0.3) is 0 Å². The molecule has 26 heavy (non-hydrogen) atoms. The zero-order chi connectivity index (χ0) is 18.7. The van der Waals surface area contributed by atoms with E-state index in [4.69, 9.17) is 4.74 Å². The summed E-state index contributed by atoms with van der Waals surface area (Å²) in [7, 11) is -3.36. The van der Waals surface area contributed by atoms with E-state index in [0.717, 1.165) is 5.41 Å². The fourth-order valence-electron chi connectivity index (χ4n) is 2.75. The largest absolute Gasteiger partial charge is 0.481 e. The maximum absolute atomic E-state index is 13.3. The van der Waals surface area contributed by atoms with Gasteiger partial charge in [0.2, 0.25) is 0 Å². The number of anilines is 1. The number of para-hydroxylation sites is 1. The van der Waals surface area contributed by atoms with Crippen LogP contribution in [0.4, 0.5) is 10.1 Å². The minimum absolute atomic E-state index is 0.214. The average Bonchev–Trinajstić information content (AvgIpc) is 2.97. The summed E-state index contributed by atoms with van der Waals surface area (Å²) in [6.07, 6.45) is 0.616. The highest BCUT2D eigenvalue weighted by atomic mass is 32.2. The van der Waals surface area contributed by atoms with Crippen LogP contribution in [0, 0.1) is 5.82 Å². The number of carbonyl (C=O) groups is 1. The molecule has 0 bridgehead atoms. The van der Waals surface area contributed by atoms with Gasteiger partial charge in [-0.25, -0.2) is 12.8 Å². The van der Waals surface area contributed by atoms with Crippen LogP contribution in [0.2, 0.25) is 0 Å². The van der Waals surface area contributed by atoms with Crippen LogP contribution in [0.15, 0.2) is 66.1 Å². The first kappa shape index (κ1) is 18.1. The molecule has 2 atom stereocenters. The Morgan fingerprint density at radius 3 is 2.38 bits per heavy atom. The number of rotatable bonds is 5. The molecular formula is C19H18FNO4S. The molecule has 0 fully saturated rings. The molecule has 0 saturated heterocycles. The molecular weight excluding hydrogens is 357 g/mol. The molecule has 0 N–H and O–H groups in total. The lowest BCUT2D eigenvalue weighted by molar-refractivity contribution is -0.124. The van der Waals surface area contributed by atoms with E-state index in [1.54, 1.807) is 31.2 Å². The van der Waals surface area contributed by atoms with Gasteiger partial charge in [0.15, 0.2) is 15.9 Å². The van der Waals surface area contributed by atoms with Crippen LogP contribution in [0.3, 0.4) is 0 Å². The monoisotopic (exact) mass is 375 g/mol. The molecule has 2 aromatic carbocycles. The fraction of sp³-hybridized carbons (Fsp3) is 0.211. The Morgan fingerprint density at radius 2 is 1.81 bits per heavy atom. The third-order valence-corrected chi connectivity index (χ3v) is 5.37. The minimum Gasteiger partial charge on any atom is -0.481 e. The zero-order valence-electron chi connectivity index (χ0n) is 14.1. The molecule has 0 saturated carbocycles. The predicted octanol–water partition coefficient (Wildman–Crippen LogP) is 2.94. The van der Waals surface area contributed by atoms with Crippen molar-refractivity contribution in [3.63, 3.8) is 0 Å². The van der Waals surface area contributed by atoms with E-state index in [0.29, 0.717) is 11.4 Å². The second-order valence-corrected chi connectivity index (χ2v) is 7.91. The Labute approximate surface area is 151 Å². The Kier molecular flexibility index (Phi) is 5.08. The topological polar surface area (TPSA) is 63.7 Å². The van der Waals surface area contributed by atoms with Crippen LogP contribution in [0.5, 0.6) is 5.75 Å². The molecule has 0 unspecified atom stereocenters. The quantitative estimate of drug-likeness (QED) is 0.806. The molecule has 1 heterocycles. The number of hydrogen-bond donors (Lipinski definition) is 0. The summed E-state index contributed by atoms with van der Waals surface area (Å²) in [5.41, 5.74) is 0.409. The van der Waals surface area contributed by atoms with E-state index in [9.17, 15) is 17.6 Å². The number of carbonyl (C=O) groups excluding carboxylic acids is 1. The van der Waals surface area contributed by atoms with Crippen LogP contribution in [-0.4, -0.2) is 32.2 Å². The number of sulfone groups is 1. The number of ether oxygens (including phenoxy) is 1. The van der Waals surface area contributed by atoms with Crippen LogP contribution in [0.1, 0.15) is 6.92 Å². The van der Waals surface area contributed by atoms with Crippen LogP contribution < -0.4 is 9.64 Å². The molecule has 3 rings (SSSR count). The number of nitrogens with zero attached hydrogens (tertiary/aromatic N) is 1. The van der Waals surface area contributed by atoms with Gasteiger partial charge in [-0.2, -0.15) is 0 Å². The van der Waals surface area contributed by atoms with Gasteiger partial charge in [0.1, 0.15) is 11.6 Å². The van der Waals surface area contributed by atoms with Crippen LogP contribution >= 0.6 is 0 Å². The molecule has 0 aromatic heterocycles. The maximum Gasteiger partial charge on any atom is 0.268 e. The van der Waals surface area contributed by atoms with Crippen molar-refractivity contribution in [3.8, 4) is 5.75 Å². The summed E-state index contributed by atoms with van der Waals surface area (Å²) in [5, 5.41) is 1.10. The van der Waals surface area contributed by atoms with Gasteiger partial charge in [-0.3, -0.25) is 4.79 Å². The Morgan fingerprint density at radius 1 is 1.15 bits per heavy atom. The summed E-state index contributed by atoms with van der Waals surface area (Å²) in [4.78, 5) is 14.4. The Bertz CT molecular complexity index is 910. The molecule has 0 aliphatic carbocycles. The molecule has 0 radical (unpaired) electrons. The van der Waals surface area contributed by atoms with Crippen molar-refractivity contribution in [2.24, 2.45) is 0 Å². The Hall–Kier alpha value is -2.67. The molecule has 136 valence electrons. The second kappa shape index (κ2) is 7.29. The lowest BCUT2D eigenvalue weighted by atomic mass is 10.2. The number of hydrogen-bond acceptors (Lipinski definition) is 4. The van der Waals surface area contributed by atoms with E-state index in [1.165, 1.54) is 35.2 Å². The first-order chi connectivity index (χ1) is 12.4. The number of halogens is 1. The summed E-state index contributed by atoms with van der Waals surface area (Å²) in [6, 6.07) is 13.5. The molecule has 1 aliphatic rings. The first-order valence-corrected chi connectivity index (χ1v) is 9.78. The first-order valence-electron chi connectivity index (χ1n) is 8.07. The van der Waals surface area contributed by atoms with Gasteiger partial charge in [0.05, 0.1) is 11.8 Å². The third-order valence-electron chi connectivity index (χ3n) is 3.99. The van der Waals surface area contributed by atoms with E-state index >= 15 is 0 Å². The highest BCUT2D eigenvalue weighted by Crippen LogP contribution is 2.25.